The van der Waals surface area contributed by atoms with E-state index in [4.69, 9.17) is 24.4 Å². The topological polar surface area (TPSA) is 270 Å². The Hall–Kier alpha value is -2.41. The third kappa shape index (κ3) is 10.6. The van der Waals surface area contributed by atoms with Gasteiger partial charge in [-0.3, -0.25) is 0 Å². The number of hydrogen-bond donors (Lipinski definition) is 12. The Morgan fingerprint density at radius 2 is 1.05 bits per heavy atom. The van der Waals surface area contributed by atoms with E-state index < -0.39 is 110 Å². The summed E-state index contributed by atoms with van der Waals surface area (Å²) in [4.78, 5) is 0.748. The largest absolute Gasteiger partial charge is 0.416 e. The minimum absolute atomic E-state index is 0.00789. The molecule has 0 aliphatic carbocycles. The lowest BCUT2D eigenvalue weighted by atomic mass is 9.89. The van der Waals surface area contributed by atoms with Crippen LogP contribution in [0.15, 0.2) is 48.5 Å². The smallest absolute Gasteiger partial charge is 0.394 e. The summed E-state index contributed by atoms with van der Waals surface area (Å²) in [5.41, 5.74) is -0.562. The highest BCUT2D eigenvalue weighted by atomic mass is 32.1. The van der Waals surface area contributed by atoms with Crippen LogP contribution >= 0.6 is 11.3 Å². The second-order valence-corrected chi connectivity index (χ2v) is 14.8. The standard InChI is InChI=1S/C22H21F3O5S.2C7H14O5/c23-22(24,25)15-6-5-12(21-20(29)19(28)18(27)16(10-26)30-21)7-13(15)9-14-8-11-3-1-2-4-17(11)31-14;2*1-3-5(9)7(11)6(10)4(2-8)12-3/h1-8,16,18-21,26-29H,9-10H2;2*3-11H,2H2,1H3/t16-,18-,19+,20-,21+;2*3-,4+,5-,6+,7+/m100/s1. The molecule has 3 aliphatic rings. The maximum Gasteiger partial charge on any atom is 0.416 e. The number of hydrogen-bond acceptors (Lipinski definition) is 16. The molecule has 3 aromatic rings. The number of alkyl halides is 3. The van der Waals surface area contributed by atoms with Gasteiger partial charge in [-0.25, -0.2) is 0 Å². The number of benzene rings is 2. The van der Waals surface area contributed by atoms with Gasteiger partial charge in [-0.2, -0.15) is 13.2 Å². The second kappa shape index (κ2) is 19.4. The maximum absolute atomic E-state index is 13.7. The summed E-state index contributed by atoms with van der Waals surface area (Å²) in [5, 5.41) is 113. The van der Waals surface area contributed by atoms with Crippen LogP contribution in [0.1, 0.15) is 41.5 Å². The van der Waals surface area contributed by atoms with Crippen LogP contribution in [-0.2, 0) is 26.8 Å². The third-order valence-electron chi connectivity index (χ3n) is 9.76. The zero-order chi connectivity index (χ0) is 40.9. The highest BCUT2D eigenvalue weighted by Gasteiger charge is 2.45. The third-order valence-corrected chi connectivity index (χ3v) is 10.9. The normalized spacial score (nSPS) is 36.7. The first-order valence-corrected chi connectivity index (χ1v) is 18.2. The van der Waals surface area contributed by atoms with Crippen molar-refractivity contribution in [1.82, 2.24) is 0 Å². The first-order chi connectivity index (χ1) is 25.8. The van der Waals surface area contributed by atoms with Crippen molar-refractivity contribution < 1.29 is 88.7 Å². The molecule has 0 amide bonds. The van der Waals surface area contributed by atoms with E-state index in [0.717, 1.165) is 21.0 Å². The van der Waals surface area contributed by atoms with Crippen LogP contribution in [0.2, 0.25) is 0 Å². The average Bonchev–Trinajstić information content (AvgIpc) is 3.57. The zero-order valence-electron chi connectivity index (χ0n) is 29.7. The van der Waals surface area contributed by atoms with E-state index in [1.54, 1.807) is 13.8 Å². The predicted molar refractivity (Wildman–Crippen MR) is 188 cm³/mol. The molecule has 3 saturated heterocycles. The maximum atomic E-state index is 13.7. The van der Waals surface area contributed by atoms with E-state index in [0.29, 0.717) is 0 Å². The van der Waals surface area contributed by atoms with Crippen LogP contribution in [0.5, 0.6) is 0 Å². The molecule has 0 spiro atoms. The summed E-state index contributed by atoms with van der Waals surface area (Å²) in [7, 11) is 0. The van der Waals surface area contributed by atoms with E-state index in [1.807, 2.05) is 30.3 Å². The lowest BCUT2D eigenvalue weighted by Gasteiger charge is -2.40. The quantitative estimate of drug-likeness (QED) is 0.138. The summed E-state index contributed by atoms with van der Waals surface area (Å²) in [6, 6.07) is 12.8. The van der Waals surface area contributed by atoms with Crippen LogP contribution in [0.25, 0.3) is 10.1 Å². The molecule has 0 saturated carbocycles. The predicted octanol–water partition coefficient (Wildman–Crippen LogP) is -1.28. The Labute approximate surface area is 317 Å². The number of thiophene rings is 1. The van der Waals surface area contributed by atoms with Gasteiger partial charge in [0.15, 0.2) is 0 Å². The molecule has 19 heteroatoms. The SMILES string of the molecule is C[C@@H]1O[C@H](CO)[C@@H](O)[C@H](O)[C@H]1O.C[C@@H]1O[C@H](CO)[C@@H](O)[C@H](O)[C@H]1O.OC[C@H]1O[C@@H](c2ccc(C(F)(F)F)c(Cc3cc4ccccc4s3)c2)[C@H](O)[C@@H](O)[C@@H]1O. The first kappa shape index (κ1) is 45.3. The van der Waals surface area contributed by atoms with Gasteiger partial charge < -0.3 is 75.5 Å². The fraction of sp³-hybridized carbons (Fsp3) is 0.611. The molecular weight excluding hydrogens is 761 g/mol. The molecule has 15 nitrogen and oxygen atoms in total. The van der Waals surface area contributed by atoms with Crippen molar-refractivity contribution in [2.75, 3.05) is 19.8 Å². The molecule has 1 aromatic heterocycles. The minimum atomic E-state index is -4.57. The van der Waals surface area contributed by atoms with Crippen LogP contribution in [0.3, 0.4) is 0 Å². The Morgan fingerprint density at radius 1 is 0.582 bits per heavy atom. The highest BCUT2D eigenvalue weighted by molar-refractivity contribution is 7.19. The van der Waals surface area contributed by atoms with Crippen molar-refractivity contribution in [3.8, 4) is 0 Å². The summed E-state index contributed by atoms with van der Waals surface area (Å²) >= 11 is 1.40. The number of aliphatic hydroxyl groups excluding tert-OH is 12. The van der Waals surface area contributed by atoms with E-state index in [1.165, 1.54) is 23.5 Å². The molecule has 310 valence electrons. The molecule has 12 N–H and O–H groups in total. The first-order valence-electron chi connectivity index (χ1n) is 17.4. The summed E-state index contributed by atoms with van der Waals surface area (Å²) in [6.07, 6.45) is -21.5. The zero-order valence-corrected chi connectivity index (χ0v) is 30.6. The molecule has 0 bridgehead atoms. The van der Waals surface area contributed by atoms with Crippen molar-refractivity contribution in [3.05, 3.63) is 70.1 Å². The second-order valence-electron chi connectivity index (χ2n) is 13.7. The van der Waals surface area contributed by atoms with Gasteiger partial charge in [0.2, 0.25) is 0 Å². The van der Waals surface area contributed by atoms with E-state index in [2.05, 4.69) is 0 Å². The van der Waals surface area contributed by atoms with E-state index in [9.17, 15) is 64.2 Å². The number of halogens is 3. The summed E-state index contributed by atoms with van der Waals surface area (Å²) in [6.45, 7) is 1.80. The van der Waals surface area contributed by atoms with Crippen molar-refractivity contribution in [1.29, 1.82) is 0 Å². The van der Waals surface area contributed by atoms with Crippen molar-refractivity contribution in [3.63, 3.8) is 0 Å². The molecule has 2 aromatic carbocycles. The number of aliphatic hydroxyl groups is 12. The van der Waals surface area contributed by atoms with Gasteiger partial charge in [0.25, 0.3) is 0 Å². The molecule has 6 rings (SSSR count). The molecule has 4 heterocycles. The summed E-state index contributed by atoms with van der Waals surface area (Å²) in [5.74, 6) is 0. The van der Waals surface area contributed by atoms with Crippen molar-refractivity contribution in [2.24, 2.45) is 0 Å². The van der Waals surface area contributed by atoms with Crippen LogP contribution < -0.4 is 0 Å². The number of fused-ring (bicyclic) bond motifs is 1. The molecule has 3 aliphatic heterocycles. The van der Waals surface area contributed by atoms with Crippen LogP contribution in [0, 0.1) is 0 Å². The van der Waals surface area contributed by atoms with Gasteiger partial charge in [-0.15, -0.1) is 11.3 Å². The fourth-order valence-electron chi connectivity index (χ4n) is 6.48. The minimum Gasteiger partial charge on any atom is -0.394 e. The van der Waals surface area contributed by atoms with Gasteiger partial charge in [-0.05, 0) is 48.6 Å². The van der Waals surface area contributed by atoms with Crippen LogP contribution in [-0.4, -0.2) is 167 Å². The van der Waals surface area contributed by atoms with Crippen molar-refractivity contribution >= 4 is 21.4 Å². The molecular formula is C36H49F3O15S. The lowest BCUT2D eigenvalue weighted by Crippen LogP contribution is -2.57. The van der Waals surface area contributed by atoms with Gasteiger partial charge in [0.1, 0.15) is 79.4 Å². The van der Waals surface area contributed by atoms with E-state index >= 15 is 0 Å². The van der Waals surface area contributed by atoms with Gasteiger partial charge in [0.05, 0.1) is 37.6 Å². The Morgan fingerprint density at radius 3 is 1.53 bits per heavy atom. The van der Waals surface area contributed by atoms with Crippen LogP contribution in [0.4, 0.5) is 13.2 Å². The fourth-order valence-corrected chi connectivity index (χ4v) is 7.56. The molecule has 0 radical (unpaired) electrons. The number of rotatable bonds is 6. The molecule has 55 heavy (non-hydrogen) atoms. The Bertz CT molecular complexity index is 1570. The van der Waals surface area contributed by atoms with Gasteiger partial charge in [-0.1, -0.05) is 30.3 Å². The van der Waals surface area contributed by atoms with Gasteiger partial charge in [0, 0.05) is 16.0 Å². The van der Waals surface area contributed by atoms with Crippen molar-refractivity contribution in [2.45, 2.75) is 118 Å². The molecule has 3 fully saturated rings. The molecule has 15 atom stereocenters. The highest BCUT2D eigenvalue weighted by Crippen LogP contribution is 2.39. The number of ether oxygens (including phenoxy) is 3. The Kier molecular flexibility index (Phi) is 15.9. The molecule has 0 unspecified atom stereocenters. The van der Waals surface area contributed by atoms with Gasteiger partial charge >= 0.3 is 6.18 Å². The lowest BCUT2D eigenvalue weighted by molar-refractivity contribution is -0.231. The Balaban J connectivity index is 0.000000229. The summed E-state index contributed by atoms with van der Waals surface area (Å²) < 4.78 is 57.5. The monoisotopic (exact) mass is 810 g/mol. The average molecular weight is 811 g/mol. The van der Waals surface area contributed by atoms with E-state index in [-0.39, 0.29) is 30.8 Å².